The lowest BCUT2D eigenvalue weighted by atomic mass is 10.1. The summed E-state index contributed by atoms with van der Waals surface area (Å²) in [5.41, 5.74) is -0.555. The first-order chi connectivity index (χ1) is 17.9. The molecule has 0 bridgehead atoms. The van der Waals surface area contributed by atoms with Crippen LogP contribution in [0, 0.1) is 16.3 Å². The van der Waals surface area contributed by atoms with Gasteiger partial charge in [-0.05, 0) is 66.6 Å². The number of ether oxygens (including phenoxy) is 1. The molecule has 38 heavy (non-hydrogen) atoms. The Bertz CT molecular complexity index is 1600. The third-order valence-corrected chi connectivity index (χ3v) is 7.72. The maximum atomic E-state index is 14.7. The van der Waals surface area contributed by atoms with E-state index >= 15 is 0 Å². The highest BCUT2D eigenvalue weighted by molar-refractivity contribution is 14.1. The Balaban J connectivity index is 1.87. The van der Waals surface area contributed by atoms with Crippen LogP contribution in [0.25, 0.3) is 0 Å². The van der Waals surface area contributed by atoms with Gasteiger partial charge in [0.05, 0.1) is 16.9 Å². The highest BCUT2D eigenvalue weighted by Gasteiger charge is 2.31. The van der Waals surface area contributed by atoms with Crippen LogP contribution in [0.1, 0.15) is 28.8 Å². The molecule has 4 N–H and O–H groups in total. The van der Waals surface area contributed by atoms with E-state index in [1.165, 1.54) is 50.0 Å². The molecule has 11 nitrogen and oxygen atoms in total. The number of rotatable bonds is 9. The van der Waals surface area contributed by atoms with E-state index < -0.39 is 27.5 Å². The summed E-state index contributed by atoms with van der Waals surface area (Å²) in [5, 5.41) is 5.51. The number of carbonyl (C=O) groups excluding carboxylic acids is 1. The van der Waals surface area contributed by atoms with Crippen LogP contribution in [-0.4, -0.2) is 37.0 Å². The topological polar surface area (TPSA) is 143 Å². The lowest BCUT2D eigenvalue weighted by molar-refractivity contribution is 0.0948. The highest BCUT2D eigenvalue weighted by Crippen LogP contribution is 2.38. The van der Waals surface area contributed by atoms with Crippen LogP contribution in [0.3, 0.4) is 0 Å². The quantitative estimate of drug-likeness (QED) is 0.253. The molecule has 2 heterocycles. The second-order valence-electron chi connectivity index (χ2n) is 8.43. The molecule has 1 saturated carbocycles. The summed E-state index contributed by atoms with van der Waals surface area (Å²) in [6.45, 7) is 1.46. The Kier molecular flexibility index (Phi) is 8.15. The number of aromatic nitrogens is 2. The largest absolute Gasteiger partial charge is 0.436 e. The molecule has 1 amide bonds. The van der Waals surface area contributed by atoms with E-state index in [1.807, 2.05) is 22.6 Å². The molecule has 1 aromatic carbocycles. The van der Waals surface area contributed by atoms with E-state index in [1.54, 1.807) is 6.07 Å². The lowest BCUT2D eigenvalue weighted by Gasteiger charge is -2.21. The monoisotopic (exact) mass is 676 g/mol. The van der Waals surface area contributed by atoms with Gasteiger partial charge in [-0.1, -0.05) is 11.6 Å². The van der Waals surface area contributed by atoms with E-state index in [4.69, 9.17) is 16.3 Å². The number of nitrogens with one attached hydrogen (secondary N) is 4. The average molecular weight is 677 g/mol. The number of benzene rings is 1. The zero-order chi connectivity index (χ0) is 27.8. The van der Waals surface area contributed by atoms with Gasteiger partial charge in [0.25, 0.3) is 21.7 Å². The molecule has 0 saturated heterocycles. The van der Waals surface area contributed by atoms with Crippen molar-refractivity contribution < 1.29 is 22.3 Å². The standard InChI is InChI=1S/C23H23ClFIN6O5S/c1-11-19(37-22-18(24)16(8-9-28-22)31-38(35,36)27-2)17(21(33)29-13-5-6-13)20(32(3)23(11)34)30-15-7-4-12(26)10-14(15)25/h4,7-10,13,27,30H,5-6H2,1-3H3,(H,28,31)(H,29,33). The first-order valence-corrected chi connectivity index (χ1v) is 14.2. The minimum atomic E-state index is -3.91. The van der Waals surface area contributed by atoms with Crippen LogP contribution in [-0.2, 0) is 17.3 Å². The van der Waals surface area contributed by atoms with Gasteiger partial charge in [-0.2, -0.15) is 8.42 Å². The van der Waals surface area contributed by atoms with Crippen LogP contribution >= 0.6 is 34.2 Å². The van der Waals surface area contributed by atoms with Crippen molar-refractivity contribution in [3.63, 3.8) is 0 Å². The smallest absolute Gasteiger partial charge is 0.298 e. The first-order valence-electron chi connectivity index (χ1n) is 11.2. The summed E-state index contributed by atoms with van der Waals surface area (Å²) in [4.78, 5) is 30.7. The average Bonchev–Trinajstić information content (AvgIpc) is 3.68. The second-order valence-corrected chi connectivity index (χ2v) is 11.7. The molecule has 0 unspecified atom stereocenters. The number of halogens is 3. The number of amides is 1. The van der Waals surface area contributed by atoms with Crippen molar-refractivity contribution in [1.82, 2.24) is 19.6 Å². The maximum absolute atomic E-state index is 14.7. The van der Waals surface area contributed by atoms with Crippen molar-refractivity contribution in [1.29, 1.82) is 0 Å². The Hall–Kier alpha value is -2.95. The van der Waals surface area contributed by atoms with Gasteiger partial charge < -0.3 is 15.4 Å². The van der Waals surface area contributed by atoms with E-state index in [0.29, 0.717) is 3.57 Å². The molecule has 0 spiro atoms. The van der Waals surface area contributed by atoms with Crippen LogP contribution in [0.4, 0.5) is 21.6 Å². The minimum Gasteiger partial charge on any atom is -0.436 e. The van der Waals surface area contributed by atoms with Gasteiger partial charge in [-0.15, -0.1) is 0 Å². The molecule has 0 radical (unpaired) electrons. The Morgan fingerprint density at radius 2 is 1.97 bits per heavy atom. The Labute approximate surface area is 236 Å². The Morgan fingerprint density at radius 1 is 1.26 bits per heavy atom. The molecule has 3 aromatic rings. The minimum absolute atomic E-state index is 0.0166. The predicted molar refractivity (Wildman–Crippen MR) is 150 cm³/mol. The fourth-order valence-corrected chi connectivity index (χ4v) is 4.74. The lowest BCUT2D eigenvalue weighted by Crippen LogP contribution is -2.32. The van der Waals surface area contributed by atoms with Gasteiger partial charge in [-0.25, -0.2) is 14.1 Å². The molecule has 1 aliphatic rings. The zero-order valence-electron chi connectivity index (χ0n) is 20.4. The Morgan fingerprint density at radius 3 is 2.61 bits per heavy atom. The fraction of sp³-hybridized carbons (Fsp3) is 0.261. The molecular weight excluding hydrogens is 654 g/mol. The summed E-state index contributed by atoms with van der Waals surface area (Å²) in [6.07, 6.45) is 2.83. The van der Waals surface area contributed by atoms with E-state index in [2.05, 4.69) is 25.1 Å². The molecule has 1 fully saturated rings. The summed E-state index contributed by atoms with van der Waals surface area (Å²) in [5.74, 6) is -1.58. The molecule has 1 aliphatic carbocycles. The summed E-state index contributed by atoms with van der Waals surface area (Å²) >= 11 is 8.35. The second kappa shape index (κ2) is 11.0. The van der Waals surface area contributed by atoms with Gasteiger partial charge >= 0.3 is 0 Å². The van der Waals surface area contributed by atoms with Crippen molar-refractivity contribution in [2.75, 3.05) is 17.1 Å². The third-order valence-electron chi connectivity index (χ3n) is 5.66. The predicted octanol–water partition coefficient (Wildman–Crippen LogP) is 3.79. The molecule has 4 rings (SSSR count). The van der Waals surface area contributed by atoms with Crippen molar-refractivity contribution >= 4 is 67.5 Å². The van der Waals surface area contributed by atoms with Crippen LogP contribution in [0.15, 0.2) is 35.3 Å². The summed E-state index contributed by atoms with van der Waals surface area (Å²) < 4.78 is 50.8. The van der Waals surface area contributed by atoms with E-state index in [-0.39, 0.29) is 51.0 Å². The summed E-state index contributed by atoms with van der Waals surface area (Å²) in [6, 6.07) is 5.73. The number of pyridine rings is 2. The number of hydrogen-bond donors (Lipinski definition) is 4. The number of carbonyl (C=O) groups is 1. The van der Waals surface area contributed by atoms with Crippen molar-refractivity contribution in [2.45, 2.75) is 25.8 Å². The molecule has 2 aromatic heterocycles. The maximum Gasteiger partial charge on any atom is 0.298 e. The van der Waals surface area contributed by atoms with E-state index in [0.717, 1.165) is 12.8 Å². The van der Waals surface area contributed by atoms with Gasteiger partial charge in [0.2, 0.25) is 5.88 Å². The molecule has 0 aliphatic heterocycles. The van der Waals surface area contributed by atoms with Crippen LogP contribution in [0.5, 0.6) is 11.6 Å². The third kappa shape index (κ3) is 6.03. The first kappa shape index (κ1) is 28.1. The van der Waals surface area contributed by atoms with Crippen LogP contribution in [0.2, 0.25) is 5.02 Å². The van der Waals surface area contributed by atoms with E-state index in [9.17, 15) is 22.4 Å². The normalized spacial score (nSPS) is 13.2. The van der Waals surface area contributed by atoms with Crippen molar-refractivity contribution in [2.24, 2.45) is 7.05 Å². The van der Waals surface area contributed by atoms with Crippen molar-refractivity contribution in [3.8, 4) is 11.6 Å². The molecular formula is C23H23ClFIN6O5S. The van der Waals surface area contributed by atoms with Crippen LogP contribution < -0.4 is 30.4 Å². The van der Waals surface area contributed by atoms with Gasteiger partial charge in [0, 0.05) is 29.9 Å². The number of anilines is 3. The zero-order valence-corrected chi connectivity index (χ0v) is 24.1. The van der Waals surface area contributed by atoms with Gasteiger partial charge in [0.15, 0.2) is 5.75 Å². The van der Waals surface area contributed by atoms with Gasteiger partial charge in [-0.3, -0.25) is 18.9 Å². The van der Waals surface area contributed by atoms with Crippen molar-refractivity contribution in [3.05, 3.63) is 66.4 Å². The SMILES string of the molecule is CNS(=O)(=O)Nc1ccnc(Oc2c(C(=O)NC3CC3)c(Nc3ccc(I)cc3F)n(C)c(=O)c2C)c1Cl. The van der Waals surface area contributed by atoms with Gasteiger partial charge in [0.1, 0.15) is 22.2 Å². The fourth-order valence-electron chi connectivity index (χ4n) is 3.47. The summed E-state index contributed by atoms with van der Waals surface area (Å²) in [7, 11) is -1.25. The highest BCUT2D eigenvalue weighted by atomic mass is 127. The molecule has 0 atom stereocenters. The number of nitrogens with zero attached hydrogens (tertiary/aromatic N) is 2. The molecule has 15 heteroatoms. The number of hydrogen-bond acceptors (Lipinski definition) is 7. The molecule has 202 valence electrons.